The predicted molar refractivity (Wildman–Crippen MR) is 69.8 cm³/mol. The third-order valence-electron chi connectivity index (χ3n) is 1.83. The van der Waals surface area contributed by atoms with Gasteiger partial charge in [0.1, 0.15) is 0 Å². The second kappa shape index (κ2) is 4.94. The first-order chi connectivity index (χ1) is 6.50. The number of thiocarbonyl (C=S) groups is 1. The molecule has 76 valence electrons. The topological polar surface area (TPSA) is 0 Å². The van der Waals surface area contributed by atoms with Crippen molar-refractivity contribution >= 4 is 28.2 Å². The second-order valence-corrected chi connectivity index (χ2v) is 5.96. The molecule has 0 saturated heterocycles. The van der Waals surface area contributed by atoms with Crippen LogP contribution in [-0.2, 0) is 5.75 Å². The second-order valence-electron chi connectivity index (χ2n) is 4.31. The number of benzene rings is 1. The van der Waals surface area contributed by atoms with Crippen LogP contribution in [-0.4, -0.2) is 4.20 Å². The van der Waals surface area contributed by atoms with Crippen LogP contribution in [0.1, 0.15) is 26.3 Å². The molecule has 0 nitrogen and oxygen atoms in total. The van der Waals surface area contributed by atoms with Crippen LogP contribution in [0.2, 0.25) is 0 Å². The fraction of sp³-hybridized carbons (Fsp3) is 0.417. The first-order valence-corrected chi connectivity index (χ1v) is 6.11. The molecule has 0 amide bonds. The lowest BCUT2D eigenvalue weighted by Gasteiger charge is -2.18. The van der Waals surface area contributed by atoms with Crippen LogP contribution in [0.25, 0.3) is 0 Å². The van der Waals surface area contributed by atoms with E-state index in [9.17, 15) is 0 Å². The Morgan fingerprint density at radius 3 is 2.29 bits per heavy atom. The fourth-order valence-electron chi connectivity index (χ4n) is 0.940. The van der Waals surface area contributed by atoms with Gasteiger partial charge >= 0.3 is 0 Å². The summed E-state index contributed by atoms with van der Waals surface area (Å²) in [6, 6.07) is 10.4. The minimum atomic E-state index is 0.134. The van der Waals surface area contributed by atoms with Gasteiger partial charge in [-0.05, 0) is 5.56 Å². The Morgan fingerprint density at radius 1 is 1.21 bits per heavy atom. The van der Waals surface area contributed by atoms with E-state index in [0.717, 1.165) is 9.95 Å². The summed E-state index contributed by atoms with van der Waals surface area (Å²) in [4.78, 5) is 0. The minimum absolute atomic E-state index is 0.134. The van der Waals surface area contributed by atoms with Crippen molar-refractivity contribution in [2.24, 2.45) is 5.41 Å². The van der Waals surface area contributed by atoms with Crippen molar-refractivity contribution in [1.29, 1.82) is 0 Å². The van der Waals surface area contributed by atoms with Crippen molar-refractivity contribution in [3.05, 3.63) is 35.9 Å². The Balaban J connectivity index is 2.46. The van der Waals surface area contributed by atoms with Gasteiger partial charge < -0.3 is 0 Å². The molecular formula is C12H16S2. The summed E-state index contributed by atoms with van der Waals surface area (Å²) in [6.45, 7) is 6.48. The normalized spacial score (nSPS) is 11.4. The fourth-order valence-corrected chi connectivity index (χ4v) is 2.04. The van der Waals surface area contributed by atoms with Crippen molar-refractivity contribution in [2.45, 2.75) is 26.5 Å². The zero-order chi connectivity index (χ0) is 10.6. The Bertz CT molecular complexity index is 296. The van der Waals surface area contributed by atoms with E-state index in [2.05, 4.69) is 45.0 Å². The Labute approximate surface area is 96.1 Å². The van der Waals surface area contributed by atoms with Crippen molar-refractivity contribution in [2.75, 3.05) is 0 Å². The van der Waals surface area contributed by atoms with E-state index in [0.29, 0.717) is 0 Å². The van der Waals surface area contributed by atoms with Gasteiger partial charge in [0.05, 0.1) is 4.20 Å². The average Bonchev–Trinajstić information content (AvgIpc) is 2.14. The molecule has 14 heavy (non-hydrogen) atoms. The van der Waals surface area contributed by atoms with Gasteiger partial charge in [0.2, 0.25) is 0 Å². The molecule has 0 bridgehead atoms. The maximum atomic E-state index is 5.35. The standard InChI is InChI=1S/C12H16S2/c1-12(2,3)11(13)14-9-10-7-5-4-6-8-10/h4-8H,9H2,1-3H3. The molecule has 0 fully saturated rings. The van der Waals surface area contributed by atoms with Gasteiger partial charge in [0.25, 0.3) is 0 Å². The van der Waals surface area contributed by atoms with E-state index in [1.807, 2.05) is 6.07 Å². The van der Waals surface area contributed by atoms with Crippen molar-refractivity contribution in [3.63, 3.8) is 0 Å². The van der Waals surface area contributed by atoms with Gasteiger partial charge in [-0.25, -0.2) is 0 Å². The zero-order valence-corrected chi connectivity index (χ0v) is 10.5. The number of rotatable bonds is 2. The summed E-state index contributed by atoms with van der Waals surface area (Å²) in [5.41, 5.74) is 1.47. The lowest BCUT2D eigenvalue weighted by atomic mass is 10.0. The maximum absolute atomic E-state index is 5.35. The van der Waals surface area contributed by atoms with E-state index in [4.69, 9.17) is 12.2 Å². The minimum Gasteiger partial charge on any atom is -0.114 e. The molecule has 0 heterocycles. The Hall–Kier alpha value is -0.340. The van der Waals surface area contributed by atoms with E-state index in [1.165, 1.54) is 5.56 Å². The molecule has 0 saturated carbocycles. The first-order valence-electron chi connectivity index (χ1n) is 4.71. The highest BCUT2D eigenvalue weighted by Gasteiger charge is 2.16. The zero-order valence-electron chi connectivity index (χ0n) is 8.91. The third-order valence-corrected chi connectivity index (χ3v) is 4.14. The number of hydrogen-bond donors (Lipinski definition) is 0. The molecule has 0 aliphatic rings. The average molecular weight is 224 g/mol. The van der Waals surface area contributed by atoms with Crippen molar-refractivity contribution < 1.29 is 0 Å². The van der Waals surface area contributed by atoms with Gasteiger partial charge in [-0.2, -0.15) is 0 Å². The molecule has 1 rings (SSSR count). The van der Waals surface area contributed by atoms with Crippen LogP contribution in [0.15, 0.2) is 30.3 Å². The third kappa shape index (κ3) is 3.81. The molecule has 2 heteroatoms. The molecule has 0 aromatic heterocycles. The van der Waals surface area contributed by atoms with Crippen LogP contribution in [0.4, 0.5) is 0 Å². The highest BCUT2D eigenvalue weighted by Crippen LogP contribution is 2.27. The SMILES string of the molecule is CC(C)(C)C(=S)SCc1ccccc1. The lowest BCUT2D eigenvalue weighted by Crippen LogP contribution is -2.14. The van der Waals surface area contributed by atoms with E-state index >= 15 is 0 Å². The summed E-state index contributed by atoms with van der Waals surface area (Å²) in [6.07, 6.45) is 0. The van der Waals surface area contributed by atoms with E-state index < -0.39 is 0 Å². The van der Waals surface area contributed by atoms with Crippen LogP contribution in [0.5, 0.6) is 0 Å². The smallest absolute Gasteiger partial charge is 0.0535 e. The van der Waals surface area contributed by atoms with Crippen molar-refractivity contribution in [3.8, 4) is 0 Å². The highest BCUT2D eigenvalue weighted by atomic mass is 32.2. The molecule has 0 aliphatic carbocycles. The van der Waals surface area contributed by atoms with Gasteiger partial charge in [-0.15, -0.1) is 11.8 Å². The lowest BCUT2D eigenvalue weighted by molar-refractivity contribution is 0.610. The monoisotopic (exact) mass is 224 g/mol. The first kappa shape index (κ1) is 11.7. The molecule has 1 aromatic rings. The largest absolute Gasteiger partial charge is 0.114 e. The number of thioether (sulfide) groups is 1. The van der Waals surface area contributed by atoms with E-state index in [-0.39, 0.29) is 5.41 Å². The summed E-state index contributed by atoms with van der Waals surface area (Å²) in [5.74, 6) is 0.983. The Morgan fingerprint density at radius 2 is 1.79 bits per heavy atom. The molecule has 1 aromatic carbocycles. The number of hydrogen-bond acceptors (Lipinski definition) is 2. The van der Waals surface area contributed by atoms with Gasteiger partial charge in [0, 0.05) is 11.2 Å². The van der Waals surface area contributed by atoms with Gasteiger partial charge in [0.15, 0.2) is 0 Å². The Kier molecular flexibility index (Phi) is 4.14. The predicted octanol–water partition coefficient (Wildman–Crippen LogP) is 4.29. The maximum Gasteiger partial charge on any atom is 0.0535 e. The summed E-state index contributed by atoms with van der Waals surface area (Å²) in [5, 5.41) is 0. The molecule has 0 radical (unpaired) electrons. The quantitative estimate of drug-likeness (QED) is 0.687. The molecule has 0 spiro atoms. The summed E-state index contributed by atoms with van der Waals surface area (Å²) >= 11 is 7.12. The van der Waals surface area contributed by atoms with Crippen LogP contribution in [0.3, 0.4) is 0 Å². The van der Waals surface area contributed by atoms with Crippen LogP contribution in [0, 0.1) is 5.41 Å². The molecule has 0 atom stereocenters. The molecule has 0 N–H and O–H groups in total. The van der Waals surface area contributed by atoms with Crippen LogP contribution >= 0.6 is 24.0 Å². The van der Waals surface area contributed by atoms with Gasteiger partial charge in [-0.1, -0.05) is 63.3 Å². The summed E-state index contributed by atoms with van der Waals surface area (Å²) in [7, 11) is 0. The molecule has 0 unspecified atom stereocenters. The highest BCUT2D eigenvalue weighted by molar-refractivity contribution is 8.22. The van der Waals surface area contributed by atoms with Crippen molar-refractivity contribution in [1.82, 2.24) is 0 Å². The van der Waals surface area contributed by atoms with Crippen LogP contribution < -0.4 is 0 Å². The van der Waals surface area contributed by atoms with E-state index in [1.54, 1.807) is 11.8 Å². The molecular weight excluding hydrogens is 208 g/mol. The van der Waals surface area contributed by atoms with Gasteiger partial charge in [-0.3, -0.25) is 0 Å². The molecule has 0 aliphatic heterocycles. The summed E-state index contributed by atoms with van der Waals surface area (Å²) < 4.78 is 1.08.